The smallest absolute Gasteiger partial charge is 0.343 e. The molecule has 0 aromatic heterocycles. The van der Waals surface area contributed by atoms with Gasteiger partial charge in [-0.25, -0.2) is 9.79 Å². The van der Waals surface area contributed by atoms with E-state index in [4.69, 9.17) is 18.9 Å². The largest absolute Gasteiger partial charge is 0.493 e. The third-order valence-electron chi connectivity index (χ3n) is 5.05. The lowest BCUT2D eigenvalue weighted by Gasteiger charge is -2.15. The van der Waals surface area contributed by atoms with Gasteiger partial charge in [-0.3, -0.25) is 14.9 Å². The second-order valence-corrected chi connectivity index (χ2v) is 7.40. The van der Waals surface area contributed by atoms with Gasteiger partial charge in [-0.15, -0.1) is 0 Å². The van der Waals surface area contributed by atoms with Crippen molar-refractivity contribution in [3.05, 3.63) is 63.3 Å². The fourth-order valence-corrected chi connectivity index (χ4v) is 3.40. The highest BCUT2D eigenvalue weighted by Gasteiger charge is 2.30. The van der Waals surface area contributed by atoms with Crippen molar-refractivity contribution in [2.45, 2.75) is 13.8 Å². The maximum Gasteiger partial charge on any atom is 0.343 e. The number of esters is 1. The first-order valence-electron chi connectivity index (χ1n) is 10.9. The molecule has 0 bridgehead atoms. The third-order valence-corrected chi connectivity index (χ3v) is 5.05. The van der Waals surface area contributed by atoms with E-state index in [-0.39, 0.29) is 48.3 Å². The quantitative estimate of drug-likeness (QED) is 0.229. The molecule has 0 radical (unpaired) electrons. The Labute approximate surface area is 207 Å². The molecule has 1 aliphatic rings. The molecule has 190 valence electrons. The van der Waals surface area contributed by atoms with Gasteiger partial charge < -0.3 is 29.6 Å². The van der Waals surface area contributed by atoms with Crippen LogP contribution in [0.5, 0.6) is 11.5 Å². The van der Waals surface area contributed by atoms with E-state index in [2.05, 4.69) is 15.6 Å². The topological polar surface area (TPSA) is 151 Å². The van der Waals surface area contributed by atoms with E-state index in [1.54, 1.807) is 38.1 Å². The molecule has 1 heterocycles. The summed E-state index contributed by atoms with van der Waals surface area (Å²) in [5, 5.41) is 17.4. The molecule has 36 heavy (non-hydrogen) atoms. The van der Waals surface area contributed by atoms with Gasteiger partial charge in [0, 0.05) is 18.9 Å². The number of ether oxygens (including phenoxy) is 4. The van der Waals surface area contributed by atoms with Crippen molar-refractivity contribution in [2.24, 2.45) is 4.99 Å². The van der Waals surface area contributed by atoms with Crippen LogP contribution >= 0.6 is 0 Å². The lowest BCUT2D eigenvalue weighted by molar-refractivity contribution is -0.385. The van der Waals surface area contributed by atoms with Crippen LogP contribution in [0.25, 0.3) is 0 Å². The number of nitrogens with zero attached hydrogens (tertiary/aromatic N) is 2. The van der Waals surface area contributed by atoms with Crippen molar-refractivity contribution in [3.63, 3.8) is 0 Å². The number of nitro groups is 1. The minimum atomic E-state index is -0.879. The molecular formula is C24H26N4O8. The second kappa shape index (κ2) is 11.8. The van der Waals surface area contributed by atoms with Gasteiger partial charge in [0.25, 0.3) is 11.6 Å². The predicted molar refractivity (Wildman–Crippen MR) is 131 cm³/mol. The molecule has 0 atom stereocenters. The molecule has 2 aromatic rings. The maximum atomic E-state index is 13.3. The zero-order chi connectivity index (χ0) is 26.2. The molecule has 2 aromatic carbocycles. The van der Waals surface area contributed by atoms with Crippen molar-refractivity contribution in [3.8, 4) is 11.5 Å². The number of nitrogens with one attached hydrogen (secondary N) is 2. The summed E-state index contributed by atoms with van der Waals surface area (Å²) in [4.78, 5) is 41.7. The number of fused-ring (bicyclic) bond motifs is 1. The van der Waals surface area contributed by atoms with Gasteiger partial charge in [0.15, 0.2) is 11.5 Å². The number of amides is 1. The highest BCUT2D eigenvalue weighted by Crippen LogP contribution is 2.35. The summed E-state index contributed by atoms with van der Waals surface area (Å²) in [7, 11) is 2.83. The molecule has 0 fully saturated rings. The number of carbonyl (C=O) groups excluding carboxylic acids is 2. The average molecular weight is 498 g/mol. The van der Waals surface area contributed by atoms with E-state index in [1.807, 2.05) is 0 Å². The summed E-state index contributed by atoms with van der Waals surface area (Å²) in [6, 6.07) is 9.27. The standard InChI is InChI=1S/C24H26N4O8/c1-5-35-24(30)21-14(2)25-16-8-6-7-9-17(16)26-22(21)27-23(29)15-12-19(34-4)20(36-11-10-33-3)13-18(15)28(31)32/h6-9,12-13,25H,5,10-11H2,1-4H3,(H,26,27,29). The van der Waals surface area contributed by atoms with Crippen LogP contribution in [0, 0.1) is 10.1 Å². The number of nitro benzene ring substituents is 1. The molecule has 0 saturated heterocycles. The summed E-state index contributed by atoms with van der Waals surface area (Å²) in [6.45, 7) is 3.74. The number of hydrogen-bond donors (Lipinski definition) is 2. The fraction of sp³-hybridized carbons (Fsp3) is 0.292. The molecular weight excluding hydrogens is 472 g/mol. The van der Waals surface area contributed by atoms with Gasteiger partial charge >= 0.3 is 5.97 Å². The third kappa shape index (κ3) is 5.78. The van der Waals surface area contributed by atoms with Gasteiger partial charge in [-0.05, 0) is 26.0 Å². The Bertz CT molecular complexity index is 1240. The van der Waals surface area contributed by atoms with E-state index in [0.29, 0.717) is 17.1 Å². The van der Waals surface area contributed by atoms with Crippen LogP contribution in [-0.2, 0) is 14.3 Å². The van der Waals surface area contributed by atoms with Crippen LogP contribution < -0.4 is 20.1 Å². The van der Waals surface area contributed by atoms with Gasteiger partial charge in [0.1, 0.15) is 23.6 Å². The van der Waals surface area contributed by atoms with Crippen LogP contribution in [0.3, 0.4) is 0 Å². The number of benzene rings is 2. The van der Waals surface area contributed by atoms with Gasteiger partial charge in [-0.1, -0.05) is 12.1 Å². The fourth-order valence-electron chi connectivity index (χ4n) is 3.40. The molecule has 12 heteroatoms. The van der Waals surface area contributed by atoms with Crippen LogP contribution in [0.15, 0.2) is 52.7 Å². The van der Waals surface area contributed by atoms with Gasteiger partial charge in [0.05, 0.1) is 42.7 Å². The minimum Gasteiger partial charge on any atom is -0.493 e. The van der Waals surface area contributed by atoms with Crippen LogP contribution in [0.4, 0.5) is 17.1 Å². The molecule has 0 saturated carbocycles. The highest BCUT2D eigenvalue weighted by atomic mass is 16.6. The van der Waals surface area contributed by atoms with E-state index in [0.717, 1.165) is 6.07 Å². The number of hydrogen-bond acceptors (Lipinski definition) is 10. The van der Waals surface area contributed by atoms with E-state index in [9.17, 15) is 19.7 Å². The zero-order valence-corrected chi connectivity index (χ0v) is 20.2. The summed E-state index contributed by atoms with van der Waals surface area (Å²) in [6.07, 6.45) is 0. The Kier molecular flexibility index (Phi) is 8.57. The van der Waals surface area contributed by atoms with Gasteiger partial charge in [-0.2, -0.15) is 0 Å². The van der Waals surface area contributed by atoms with Crippen molar-refractivity contribution in [1.29, 1.82) is 0 Å². The molecule has 0 aliphatic carbocycles. The molecule has 12 nitrogen and oxygen atoms in total. The number of aliphatic imine (C=N–C) groups is 1. The van der Waals surface area contributed by atoms with E-state index in [1.165, 1.54) is 20.3 Å². The monoisotopic (exact) mass is 498 g/mol. The molecule has 0 unspecified atom stereocenters. The Hall–Kier alpha value is -4.45. The number of carbonyl (C=O) groups is 2. The summed E-state index contributed by atoms with van der Waals surface area (Å²) in [5.74, 6) is -1.54. The van der Waals surface area contributed by atoms with Crippen molar-refractivity contribution >= 4 is 34.8 Å². The number of methoxy groups -OCH3 is 2. The highest BCUT2D eigenvalue weighted by molar-refractivity contribution is 6.26. The summed E-state index contributed by atoms with van der Waals surface area (Å²) < 4.78 is 20.9. The predicted octanol–water partition coefficient (Wildman–Crippen LogP) is 3.35. The maximum absolute atomic E-state index is 13.3. The Morgan fingerprint density at radius 1 is 1.14 bits per heavy atom. The summed E-state index contributed by atoms with van der Waals surface area (Å²) >= 11 is 0. The van der Waals surface area contributed by atoms with E-state index >= 15 is 0 Å². The Morgan fingerprint density at radius 2 is 1.89 bits per heavy atom. The number of allylic oxidation sites excluding steroid dienone is 1. The lowest BCUT2D eigenvalue weighted by atomic mass is 10.1. The SMILES string of the molecule is CCOC(=O)C1=C(C)Nc2ccccc2N=C1NC(=O)c1cc(OC)c(OCCOC)cc1[N+](=O)[O-]. The van der Waals surface area contributed by atoms with Gasteiger partial charge in [0.2, 0.25) is 0 Å². The number of anilines is 1. The first-order valence-corrected chi connectivity index (χ1v) is 10.9. The minimum absolute atomic E-state index is 0.0180. The van der Waals surface area contributed by atoms with Crippen molar-refractivity contribution in [1.82, 2.24) is 5.32 Å². The number of amidine groups is 1. The van der Waals surface area contributed by atoms with Crippen LogP contribution in [0.2, 0.25) is 0 Å². The first-order chi connectivity index (χ1) is 17.3. The van der Waals surface area contributed by atoms with Crippen molar-refractivity contribution in [2.75, 3.05) is 39.4 Å². The molecule has 1 aliphatic heterocycles. The zero-order valence-electron chi connectivity index (χ0n) is 20.2. The summed E-state index contributed by atoms with van der Waals surface area (Å²) in [5.41, 5.74) is 0.575. The number of rotatable bonds is 9. The molecule has 1 amide bonds. The van der Waals surface area contributed by atoms with Crippen LogP contribution in [0.1, 0.15) is 24.2 Å². The molecule has 3 rings (SSSR count). The number of para-hydroxylation sites is 2. The molecule has 2 N–H and O–H groups in total. The van der Waals surface area contributed by atoms with Crippen molar-refractivity contribution < 1.29 is 33.5 Å². The van der Waals surface area contributed by atoms with Crippen LogP contribution in [-0.4, -0.2) is 56.7 Å². The Balaban J connectivity index is 2.06. The normalized spacial score (nSPS) is 12.5. The first kappa shape index (κ1) is 26.2. The Morgan fingerprint density at radius 3 is 2.56 bits per heavy atom. The molecule has 0 spiro atoms. The average Bonchev–Trinajstić information content (AvgIpc) is 2.98. The second-order valence-electron chi connectivity index (χ2n) is 7.40. The van der Waals surface area contributed by atoms with E-state index < -0.39 is 22.5 Å². The lowest BCUT2D eigenvalue weighted by Crippen LogP contribution is -2.35.